The van der Waals surface area contributed by atoms with Crippen LogP contribution in [0.5, 0.6) is 11.5 Å². The highest BCUT2D eigenvalue weighted by atomic mass is 16.5. The molecule has 1 aromatic carbocycles. The normalized spacial score (nSPS) is 10.2. The summed E-state index contributed by atoms with van der Waals surface area (Å²) in [5.41, 5.74) is 1.12. The van der Waals surface area contributed by atoms with Crippen LogP contribution in [-0.2, 0) is 16.0 Å². The van der Waals surface area contributed by atoms with Crippen LogP contribution in [-0.4, -0.2) is 67.0 Å². The molecular weight excluding hydrogens is 358 g/mol. The van der Waals surface area contributed by atoms with Crippen LogP contribution in [0.4, 0.5) is 0 Å². The maximum atomic E-state index is 12.4. The Hall–Kier alpha value is -3.09. The van der Waals surface area contributed by atoms with E-state index >= 15 is 0 Å². The quantitative estimate of drug-likeness (QED) is 0.626. The number of nitrogens with zero attached hydrogens (tertiary/aromatic N) is 3. The molecule has 0 unspecified atom stereocenters. The average Bonchev–Trinajstić information content (AvgIpc) is 2.72. The minimum absolute atomic E-state index is 0.0359. The minimum atomic E-state index is -0.158. The maximum absolute atomic E-state index is 12.4. The zero-order valence-electron chi connectivity index (χ0n) is 16.6. The third-order valence-corrected chi connectivity index (χ3v) is 4.37. The summed E-state index contributed by atoms with van der Waals surface area (Å²) in [7, 11) is 3.35. The number of hydrogen-bond acceptors (Lipinski definition) is 5. The predicted octanol–water partition coefficient (Wildman–Crippen LogP) is 2.02. The summed E-state index contributed by atoms with van der Waals surface area (Å²) in [4.78, 5) is 31.4. The summed E-state index contributed by atoms with van der Waals surface area (Å²) >= 11 is 0. The van der Waals surface area contributed by atoms with Crippen LogP contribution in [0.2, 0.25) is 0 Å². The molecule has 0 saturated carbocycles. The standard InChI is InChI=1S/C21H27N3O4/c1-17(25)24(14-15-28-20-6-4-19(27-3)5-7-20)16-21(26)23(2)13-10-18-8-11-22-12-9-18/h4-9,11-12H,10,13-16H2,1-3H3. The number of ether oxygens (including phenoxy) is 2. The zero-order valence-corrected chi connectivity index (χ0v) is 16.6. The van der Waals surface area contributed by atoms with E-state index in [4.69, 9.17) is 9.47 Å². The molecule has 1 heterocycles. The van der Waals surface area contributed by atoms with Gasteiger partial charge in [0.2, 0.25) is 11.8 Å². The van der Waals surface area contributed by atoms with Crippen molar-refractivity contribution < 1.29 is 19.1 Å². The van der Waals surface area contributed by atoms with Gasteiger partial charge in [-0.15, -0.1) is 0 Å². The molecule has 28 heavy (non-hydrogen) atoms. The Labute approximate surface area is 165 Å². The Balaban J connectivity index is 1.78. The van der Waals surface area contributed by atoms with Crippen LogP contribution in [0.1, 0.15) is 12.5 Å². The number of amides is 2. The average molecular weight is 385 g/mol. The third-order valence-electron chi connectivity index (χ3n) is 4.37. The lowest BCUT2D eigenvalue weighted by molar-refractivity contribution is -0.138. The SMILES string of the molecule is COc1ccc(OCCN(CC(=O)N(C)CCc2ccncc2)C(C)=O)cc1. The number of methoxy groups -OCH3 is 1. The summed E-state index contributed by atoms with van der Waals surface area (Å²) < 4.78 is 10.8. The second-order valence-electron chi connectivity index (χ2n) is 6.39. The van der Waals surface area contributed by atoms with Crippen molar-refractivity contribution in [3.05, 3.63) is 54.4 Å². The summed E-state index contributed by atoms with van der Waals surface area (Å²) in [6, 6.07) is 11.1. The smallest absolute Gasteiger partial charge is 0.241 e. The van der Waals surface area contributed by atoms with Gasteiger partial charge in [-0.2, -0.15) is 0 Å². The number of aromatic nitrogens is 1. The molecule has 0 atom stereocenters. The van der Waals surface area contributed by atoms with Crippen LogP contribution < -0.4 is 9.47 Å². The predicted molar refractivity (Wildman–Crippen MR) is 106 cm³/mol. The van der Waals surface area contributed by atoms with Crippen LogP contribution in [0.3, 0.4) is 0 Å². The number of carbonyl (C=O) groups is 2. The van der Waals surface area contributed by atoms with Crippen molar-refractivity contribution >= 4 is 11.8 Å². The maximum Gasteiger partial charge on any atom is 0.241 e. The molecule has 0 aliphatic rings. The van der Waals surface area contributed by atoms with Gasteiger partial charge in [-0.25, -0.2) is 0 Å². The third kappa shape index (κ3) is 6.90. The first-order chi connectivity index (χ1) is 13.5. The van der Waals surface area contributed by atoms with Gasteiger partial charge in [-0.05, 0) is 48.4 Å². The van der Waals surface area contributed by atoms with Crippen molar-refractivity contribution in [2.45, 2.75) is 13.3 Å². The zero-order chi connectivity index (χ0) is 20.4. The van der Waals surface area contributed by atoms with Gasteiger partial charge < -0.3 is 19.3 Å². The van der Waals surface area contributed by atoms with Crippen molar-refractivity contribution in [3.63, 3.8) is 0 Å². The summed E-state index contributed by atoms with van der Waals surface area (Å²) in [5.74, 6) is 1.17. The molecule has 0 fully saturated rings. The molecule has 0 bridgehead atoms. The lowest BCUT2D eigenvalue weighted by atomic mass is 10.2. The fourth-order valence-electron chi connectivity index (χ4n) is 2.55. The van der Waals surface area contributed by atoms with Crippen molar-refractivity contribution in [1.29, 1.82) is 0 Å². The van der Waals surface area contributed by atoms with Crippen LogP contribution >= 0.6 is 0 Å². The number of benzene rings is 1. The molecule has 0 aliphatic carbocycles. The Bertz CT molecular complexity index is 750. The van der Waals surface area contributed by atoms with Gasteiger partial charge in [0.1, 0.15) is 18.1 Å². The fraction of sp³-hybridized carbons (Fsp3) is 0.381. The number of rotatable bonds is 10. The Morgan fingerprint density at radius 2 is 1.64 bits per heavy atom. The van der Waals surface area contributed by atoms with Gasteiger partial charge in [-0.3, -0.25) is 14.6 Å². The van der Waals surface area contributed by atoms with E-state index in [9.17, 15) is 9.59 Å². The lowest BCUT2D eigenvalue weighted by Crippen LogP contribution is -2.42. The van der Waals surface area contributed by atoms with E-state index in [1.54, 1.807) is 55.7 Å². The van der Waals surface area contributed by atoms with E-state index in [0.717, 1.165) is 17.7 Å². The molecule has 0 radical (unpaired) electrons. The molecule has 2 amide bonds. The first-order valence-electron chi connectivity index (χ1n) is 9.15. The second-order valence-corrected chi connectivity index (χ2v) is 6.39. The molecule has 2 rings (SSSR count). The van der Waals surface area contributed by atoms with Crippen molar-refractivity contribution in [1.82, 2.24) is 14.8 Å². The van der Waals surface area contributed by atoms with Gasteiger partial charge in [-0.1, -0.05) is 0 Å². The summed E-state index contributed by atoms with van der Waals surface area (Å²) in [5, 5.41) is 0. The van der Waals surface area contributed by atoms with Crippen molar-refractivity contribution in [2.75, 3.05) is 40.4 Å². The molecule has 0 N–H and O–H groups in total. The summed E-state index contributed by atoms with van der Waals surface area (Å²) in [6.07, 6.45) is 4.21. The van der Waals surface area contributed by atoms with Gasteiger partial charge in [0.15, 0.2) is 0 Å². The first kappa shape index (κ1) is 21.2. The Kier molecular flexibility index (Phi) is 8.27. The van der Waals surface area contributed by atoms with Crippen LogP contribution in [0.25, 0.3) is 0 Å². The fourth-order valence-corrected chi connectivity index (χ4v) is 2.55. The van der Waals surface area contributed by atoms with Crippen LogP contribution in [0, 0.1) is 0 Å². The minimum Gasteiger partial charge on any atom is -0.497 e. The summed E-state index contributed by atoms with van der Waals surface area (Å²) in [6.45, 7) is 2.72. The number of carbonyl (C=O) groups excluding carboxylic acids is 2. The number of pyridine rings is 1. The van der Waals surface area contributed by atoms with Gasteiger partial charge in [0.25, 0.3) is 0 Å². The van der Waals surface area contributed by atoms with E-state index in [1.165, 1.54) is 11.8 Å². The molecule has 2 aromatic rings. The van der Waals surface area contributed by atoms with E-state index < -0.39 is 0 Å². The molecule has 150 valence electrons. The highest BCUT2D eigenvalue weighted by Gasteiger charge is 2.16. The first-order valence-corrected chi connectivity index (χ1v) is 9.15. The number of likely N-dealkylation sites (N-methyl/N-ethyl adjacent to an activating group) is 1. The highest BCUT2D eigenvalue weighted by Crippen LogP contribution is 2.16. The molecule has 7 heteroatoms. The second kappa shape index (κ2) is 10.9. The highest BCUT2D eigenvalue weighted by molar-refractivity contribution is 5.83. The van der Waals surface area contributed by atoms with Crippen molar-refractivity contribution in [3.8, 4) is 11.5 Å². The van der Waals surface area contributed by atoms with Gasteiger partial charge >= 0.3 is 0 Å². The van der Waals surface area contributed by atoms with Gasteiger partial charge in [0.05, 0.1) is 20.2 Å². The molecular formula is C21H27N3O4. The molecule has 0 aliphatic heterocycles. The van der Waals surface area contributed by atoms with E-state index in [1.807, 2.05) is 12.1 Å². The number of hydrogen-bond donors (Lipinski definition) is 0. The topological polar surface area (TPSA) is 72.0 Å². The van der Waals surface area contributed by atoms with Gasteiger partial charge in [0, 0.05) is 32.9 Å². The van der Waals surface area contributed by atoms with Crippen LogP contribution in [0.15, 0.2) is 48.8 Å². The monoisotopic (exact) mass is 385 g/mol. The van der Waals surface area contributed by atoms with E-state index in [2.05, 4.69) is 4.98 Å². The van der Waals surface area contributed by atoms with Crippen molar-refractivity contribution in [2.24, 2.45) is 0 Å². The molecule has 7 nitrogen and oxygen atoms in total. The van der Waals surface area contributed by atoms with E-state index in [0.29, 0.717) is 25.4 Å². The molecule has 0 saturated heterocycles. The van der Waals surface area contributed by atoms with E-state index in [-0.39, 0.29) is 18.4 Å². The Morgan fingerprint density at radius 1 is 1.00 bits per heavy atom. The largest absolute Gasteiger partial charge is 0.497 e. The lowest BCUT2D eigenvalue weighted by Gasteiger charge is -2.24. The Morgan fingerprint density at radius 3 is 2.25 bits per heavy atom. The molecule has 0 spiro atoms. The molecule has 1 aromatic heterocycles.